The largest absolute Gasteiger partial charge is 0.368 e. The summed E-state index contributed by atoms with van der Waals surface area (Å²) in [7, 11) is 0. The molecule has 0 radical (unpaired) electrons. The van der Waals surface area contributed by atoms with Crippen LogP contribution in [-0.2, 0) is 0 Å². The number of nitrogens with two attached hydrogens (primary N) is 1. The third kappa shape index (κ3) is 1.59. The Bertz CT molecular complexity index is 319. The smallest absolute Gasteiger partial charge is 0.249 e. The topological polar surface area (TPSA) is 51.8 Å². The number of anilines is 1. The second-order valence-corrected chi connectivity index (χ2v) is 3.30. The van der Waals surface area contributed by atoms with Gasteiger partial charge in [-0.05, 0) is 6.07 Å². The molecular weight excluding hydrogens is 176 g/mol. The van der Waals surface area contributed by atoms with E-state index in [1.807, 2.05) is 0 Å². The van der Waals surface area contributed by atoms with Crippen LogP contribution in [0.25, 0.3) is 0 Å². The van der Waals surface area contributed by atoms with Gasteiger partial charge >= 0.3 is 0 Å². The molecule has 0 aliphatic heterocycles. The Kier molecular flexibility index (Phi) is 1.68. The molecule has 1 fully saturated rings. The molecule has 1 aromatic heterocycles. The third-order valence-electron chi connectivity index (χ3n) is 2.20. The van der Waals surface area contributed by atoms with Gasteiger partial charge in [0.25, 0.3) is 0 Å². The number of nitrogen functional groups attached to an aromatic ring is 1. The highest BCUT2D eigenvalue weighted by Gasteiger charge is 2.46. The first-order valence-corrected chi connectivity index (χ1v) is 4.03. The number of hydrogen-bond donors (Lipinski definition) is 1. The van der Waals surface area contributed by atoms with E-state index < -0.39 is 5.92 Å². The maximum absolute atomic E-state index is 12.5. The molecule has 0 bridgehead atoms. The number of rotatable bonds is 1. The molecule has 3 nitrogen and oxygen atoms in total. The summed E-state index contributed by atoms with van der Waals surface area (Å²) in [5.74, 6) is -2.52. The van der Waals surface area contributed by atoms with E-state index in [4.69, 9.17) is 5.73 Å². The van der Waals surface area contributed by atoms with Gasteiger partial charge in [-0.25, -0.2) is 18.7 Å². The van der Waals surface area contributed by atoms with Crippen molar-refractivity contribution >= 4 is 5.95 Å². The number of halogens is 2. The van der Waals surface area contributed by atoms with E-state index in [1.54, 1.807) is 6.07 Å². The van der Waals surface area contributed by atoms with Crippen LogP contribution in [0.5, 0.6) is 0 Å². The first-order chi connectivity index (χ1) is 6.07. The van der Waals surface area contributed by atoms with Crippen molar-refractivity contribution in [1.29, 1.82) is 0 Å². The number of aromatic nitrogens is 2. The maximum atomic E-state index is 12.5. The monoisotopic (exact) mass is 185 g/mol. The van der Waals surface area contributed by atoms with Crippen LogP contribution in [-0.4, -0.2) is 15.9 Å². The minimum atomic E-state index is -2.51. The zero-order chi connectivity index (χ0) is 9.47. The van der Waals surface area contributed by atoms with Crippen molar-refractivity contribution < 1.29 is 8.78 Å². The van der Waals surface area contributed by atoms with Crippen LogP contribution in [0.15, 0.2) is 12.3 Å². The molecule has 0 spiro atoms. The summed E-state index contributed by atoms with van der Waals surface area (Å²) in [5.41, 5.74) is 5.96. The molecule has 1 saturated carbocycles. The highest BCUT2D eigenvalue weighted by atomic mass is 19.3. The summed E-state index contributed by atoms with van der Waals surface area (Å²) in [5, 5.41) is 0. The van der Waals surface area contributed by atoms with Gasteiger partial charge in [0.1, 0.15) is 0 Å². The summed E-state index contributed by atoms with van der Waals surface area (Å²) < 4.78 is 25.0. The molecule has 2 rings (SSSR count). The lowest BCUT2D eigenvalue weighted by Crippen LogP contribution is -2.34. The maximum Gasteiger partial charge on any atom is 0.249 e. The Morgan fingerprint density at radius 2 is 2.15 bits per heavy atom. The molecule has 0 unspecified atom stereocenters. The fraction of sp³-hybridized carbons (Fsp3) is 0.500. The van der Waals surface area contributed by atoms with Crippen molar-refractivity contribution in [3.05, 3.63) is 18.0 Å². The molecule has 0 atom stereocenters. The van der Waals surface area contributed by atoms with E-state index in [0.717, 1.165) is 0 Å². The van der Waals surface area contributed by atoms with E-state index >= 15 is 0 Å². The molecule has 1 aromatic rings. The molecule has 13 heavy (non-hydrogen) atoms. The van der Waals surface area contributed by atoms with Gasteiger partial charge in [-0.3, -0.25) is 0 Å². The van der Waals surface area contributed by atoms with Crippen LogP contribution in [0.2, 0.25) is 0 Å². The van der Waals surface area contributed by atoms with Gasteiger partial charge in [-0.15, -0.1) is 0 Å². The van der Waals surface area contributed by atoms with Crippen LogP contribution >= 0.6 is 0 Å². The van der Waals surface area contributed by atoms with E-state index in [-0.39, 0.29) is 24.7 Å². The van der Waals surface area contributed by atoms with Crippen LogP contribution in [0.3, 0.4) is 0 Å². The van der Waals surface area contributed by atoms with Crippen LogP contribution in [0.1, 0.15) is 24.5 Å². The van der Waals surface area contributed by atoms with E-state index in [1.165, 1.54) is 6.20 Å². The van der Waals surface area contributed by atoms with Gasteiger partial charge in [0, 0.05) is 30.7 Å². The Morgan fingerprint density at radius 1 is 1.46 bits per heavy atom. The molecule has 1 aliphatic rings. The number of alkyl halides is 2. The molecule has 0 saturated heterocycles. The molecule has 0 amide bonds. The second kappa shape index (κ2) is 2.61. The van der Waals surface area contributed by atoms with Crippen molar-refractivity contribution in [3.8, 4) is 0 Å². The van der Waals surface area contributed by atoms with Gasteiger partial charge in [0.15, 0.2) is 0 Å². The lowest BCUT2D eigenvalue weighted by atomic mass is 9.79. The van der Waals surface area contributed by atoms with E-state index in [0.29, 0.717) is 5.69 Å². The number of nitrogens with zero attached hydrogens (tertiary/aromatic N) is 2. The third-order valence-corrected chi connectivity index (χ3v) is 2.20. The summed E-state index contributed by atoms with van der Waals surface area (Å²) in [6.45, 7) is 0. The average molecular weight is 185 g/mol. The zero-order valence-corrected chi connectivity index (χ0v) is 6.87. The fourth-order valence-electron chi connectivity index (χ4n) is 1.49. The first-order valence-electron chi connectivity index (χ1n) is 4.03. The Morgan fingerprint density at radius 3 is 2.69 bits per heavy atom. The summed E-state index contributed by atoms with van der Waals surface area (Å²) in [6.07, 6.45) is 1.25. The van der Waals surface area contributed by atoms with Crippen molar-refractivity contribution in [3.63, 3.8) is 0 Å². The SMILES string of the molecule is Nc1nccc(C2CC(F)(F)C2)n1. The normalized spacial score (nSPS) is 21.1. The minimum Gasteiger partial charge on any atom is -0.368 e. The summed E-state index contributed by atoms with van der Waals surface area (Å²) in [6, 6.07) is 1.64. The van der Waals surface area contributed by atoms with Crippen LogP contribution < -0.4 is 5.73 Å². The lowest BCUT2D eigenvalue weighted by molar-refractivity contribution is -0.0876. The highest BCUT2D eigenvalue weighted by molar-refractivity contribution is 5.22. The van der Waals surface area contributed by atoms with E-state index in [2.05, 4.69) is 9.97 Å². The predicted molar refractivity (Wildman–Crippen MR) is 43.4 cm³/mol. The molecule has 1 heterocycles. The van der Waals surface area contributed by atoms with Gasteiger partial charge in [0.05, 0.1) is 0 Å². The zero-order valence-electron chi connectivity index (χ0n) is 6.87. The van der Waals surface area contributed by atoms with Crippen molar-refractivity contribution in [2.75, 3.05) is 5.73 Å². The molecule has 1 aliphatic carbocycles. The van der Waals surface area contributed by atoms with Gasteiger partial charge in [0.2, 0.25) is 11.9 Å². The predicted octanol–water partition coefficient (Wildman–Crippen LogP) is 1.57. The van der Waals surface area contributed by atoms with Gasteiger partial charge in [-0.1, -0.05) is 0 Å². The quantitative estimate of drug-likeness (QED) is 0.722. The molecule has 2 N–H and O–H groups in total. The highest BCUT2D eigenvalue weighted by Crippen LogP contribution is 2.47. The van der Waals surface area contributed by atoms with E-state index in [9.17, 15) is 8.78 Å². The van der Waals surface area contributed by atoms with Gasteiger partial charge < -0.3 is 5.73 Å². The summed E-state index contributed by atoms with van der Waals surface area (Å²) in [4.78, 5) is 7.59. The van der Waals surface area contributed by atoms with Crippen molar-refractivity contribution in [2.45, 2.75) is 24.7 Å². The Balaban J connectivity index is 2.11. The second-order valence-electron chi connectivity index (χ2n) is 3.30. The molecular formula is C8H9F2N3. The molecule has 0 aromatic carbocycles. The van der Waals surface area contributed by atoms with Gasteiger partial charge in [-0.2, -0.15) is 0 Å². The average Bonchev–Trinajstić information content (AvgIpc) is 2.00. The fourth-order valence-corrected chi connectivity index (χ4v) is 1.49. The van der Waals surface area contributed by atoms with Crippen LogP contribution in [0, 0.1) is 0 Å². The summed E-state index contributed by atoms with van der Waals surface area (Å²) >= 11 is 0. The number of hydrogen-bond acceptors (Lipinski definition) is 3. The molecule has 70 valence electrons. The molecule has 5 heteroatoms. The Hall–Kier alpha value is -1.26. The van der Waals surface area contributed by atoms with Crippen molar-refractivity contribution in [1.82, 2.24) is 9.97 Å². The minimum absolute atomic E-state index is 0.122. The first kappa shape index (κ1) is 8.34. The van der Waals surface area contributed by atoms with Crippen molar-refractivity contribution in [2.24, 2.45) is 0 Å². The Labute approximate surface area is 74.0 Å². The lowest BCUT2D eigenvalue weighted by Gasteiger charge is -2.34. The standard InChI is InChI=1S/C8H9F2N3/c9-8(10)3-5(4-8)6-1-2-12-7(11)13-6/h1-2,5H,3-4H2,(H2,11,12,13). The van der Waals surface area contributed by atoms with Crippen LogP contribution in [0.4, 0.5) is 14.7 Å².